The fourth-order valence-corrected chi connectivity index (χ4v) is 3.35. The van der Waals surface area contributed by atoms with Crippen LogP contribution >= 0.6 is 0 Å². The molecular weight excluding hydrogens is 284 g/mol. The van der Waals surface area contributed by atoms with E-state index in [1.165, 1.54) is 19.3 Å². The lowest BCUT2D eigenvalue weighted by atomic mass is 9.86. The van der Waals surface area contributed by atoms with Gasteiger partial charge in [-0.05, 0) is 37.8 Å². The van der Waals surface area contributed by atoms with Gasteiger partial charge in [0.1, 0.15) is 0 Å². The van der Waals surface area contributed by atoms with Crippen molar-refractivity contribution in [1.82, 2.24) is 10.3 Å². The molecule has 2 atom stereocenters. The van der Waals surface area contributed by atoms with Crippen LogP contribution in [-0.4, -0.2) is 16.9 Å². The number of carbonyl (C=O) groups is 1. The molecule has 0 radical (unpaired) electrons. The van der Waals surface area contributed by atoms with Gasteiger partial charge in [-0.1, -0.05) is 50.1 Å². The van der Waals surface area contributed by atoms with Gasteiger partial charge >= 0.3 is 0 Å². The molecule has 3 nitrogen and oxygen atoms in total. The maximum absolute atomic E-state index is 12.6. The molecule has 1 fully saturated rings. The van der Waals surface area contributed by atoms with Crippen LogP contribution in [0.3, 0.4) is 0 Å². The van der Waals surface area contributed by atoms with Crippen LogP contribution in [0.2, 0.25) is 0 Å². The van der Waals surface area contributed by atoms with E-state index in [-0.39, 0.29) is 5.91 Å². The van der Waals surface area contributed by atoms with Gasteiger partial charge in [0.05, 0.1) is 17.0 Å². The highest BCUT2D eigenvalue weighted by atomic mass is 16.1. The van der Waals surface area contributed by atoms with Gasteiger partial charge in [0.25, 0.3) is 5.91 Å². The molecule has 23 heavy (non-hydrogen) atoms. The van der Waals surface area contributed by atoms with E-state index in [4.69, 9.17) is 0 Å². The van der Waals surface area contributed by atoms with Crippen molar-refractivity contribution in [2.24, 2.45) is 5.92 Å². The fourth-order valence-electron chi connectivity index (χ4n) is 3.35. The lowest BCUT2D eigenvalue weighted by Crippen LogP contribution is -2.41. The van der Waals surface area contributed by atoms with E-state index in [0.29, 0.717) is 17.5 Å². The van der Waals surface area contributed by atoms with Gasteiger partial charge < -0.3 is 5.32 Å². The van der Waals surface area contributed by atoms with Gasteiger partial charge in [0.2, 0.25) is 0 Å². The van der Waals surface area contributed by atoms with Crippen LogP contribution in [0, 0.1) is 12.8 Å². The van der Waals surface area contributed by atoms with Crippen LogP contribution in [0.15, 0.2) is 42.5 Å². The first-order valence-corrected chi connectivity index (χ1v) is 8.49. The summed E-state index contributed by atoms with van der Waals surface area (Å²) in [6.07, 6.45) is 4.77. The Morgan fingerprint density at radius 3 is 2.52 bits per heavy atom. The number of aryl methyl sites for hydroxylation is 1. The molecule has 1 saturated carbocycles. The highest BCUT2D eigenvalue weighted by Crippen LogP contribution is 2.24. The molecule has 0 spiro atoms. The average molecular weight is 308 g/mol. The van der Waals surface area contributed by atoms with Crippen molar-refractivity contribution >= 4 is 5.91 Å². The number of amides is 1. The molecule has 3 heteroatoms. The highest BCUT2D eigenvalue weighted by Gasteiger charge is 2.24. The van der Waals surface area contributed by atoms with Crippen LogP contribution in [0.25, 0.3) is 11.3 Å². The zero-order valence-electron chi connectivity index (χ0n) is 13.9. The van der Waals surface area contributed by atoms with Crippen LogP contribution in [-0.2, 0) is 0 Å². The summed E-state index contributed by atoms with van der Waals surface area (Å²) in [4.78, 5) is 17.2. The van der Waals surface area contributed by atoms with Gasteiger partial charge in [-0.25, -0.2) is 0 Å². The zero-order chi connectivity index (χ0) is 16.2. The Balaban J connectivity index is 1.76. The van der Waals surface area contributed by atoms with E-state index in [1.54, 1.807) is 0 Å². The zero-order valence-corrected chi connectivity index (χ0v) is 13.9. The first-order chi connectivity index (χ1) is 11.1. The maximum atomic E-state index is 12.6. The number of nitrogens with one attached hydrogen (secondary N) is 1. The molecule has 0 aliphatic heterocycles. The van der Waals surface area contributed by atoms with Crippen molar-refractivity contribution < 1.29 is 4.79 Å². The Hall–Kier alpha value is -2.16. The van der Waals surface area contributed by atoms with E-state index in [0.717, 1.165) is 23.4 Å². The molecule has 1 aliphatic carbocycles. The summed E-state index contributed by atoms with van der Waals surface area (Å²) in [6.45, 7) is 4.14. The number of aromatic nitrogens is 1. The largest absolute Gasteiger partial charge is 0.349 e. The van der Waals surface area contributed by atoms with Gasteiger partial charge in [-0.3, -0.25) is 9.78 Å². The first kappa shape index (κ1) is 15.7. The smallest absolute Gasteiger partial charge is 0.253 e. The summed E-state index contributed by atoms with van der Waals surface area (Å²) < 4.78 is 0. The number of nitrogens with zero attached hydrogens (tertiary/aromatic N) is 1. The molecule has 1 aromatic carbocycles. The van der Waals surface area contributed by atoms with E-state index < -0.39 is 0 Å². The second-order valence-corrected chi connectivity index (χ2v) is 6.54. The molecule has 3 rings (SSSR count). The van der Waals surface area contributed by atoms with Crippen molar-refractivity contribution in [2.45, 2.75) is 45.6 Å². The average Bonchev–Trinajstić information content (AvgIpc) is 2.57. The van der Waals surface area contributed by atoms with Crippen molar-refractivity contribution in [1.29, 1.82) is 0 Å². The normalized spacial score (nSPS) is 21.0. The molecule has 0 unspecified atom stereocenters. The number of pyridine rings is 1. The number of hydrogen-bond acceptors (Lipinski definition) is 2. The third-order valence-electron chi connectivity index (χ3n) is 4.83. The molecule has 0 saturated heterocycles. The summed E-state index contributed by atoms with van der Waals surface area (Å²) in [5.74, 6) is 0.568. The van der Waals surface area contributed by atoms with Gasteiger partial charge in [0.15, 0.2) is 0 Å². The number of hydrogen-bond donors (Lipinski definition) is 1. The van der Waals surface area contributed by atoms with E-state index >= 15 is 0 Å². The lowest BCUT2D eigenvalue weighted by Gasteiger charge is -2.29. The van der Waals surface area contributed by atoms with Crippen LogP contribution in [0.1, 0.15) is 48.7 Å². The number of carbonyl (C=O) groups excluding carboxylic acids is 1. The van der Waals surface area contributed by atoms with E-state index in [1.807, 2.05) is 49.4 Å². The Morgan fingerprint density at radius 2 is 1.83 bits per heavy atom. The minimum Gasteiger partial charge on any atom is -0.349 e. The third-order valence-corrected chi connectivity index (χ3v) is 4.83. The summed E-state index contributed by atoms with van der Waals surface area (Å²) >= 11 is 0. The summed E-state index contributed by atoms with van der Waals surface area (Å²) in [7, 11) is 0. The van der Waals surface area contributed by atoms with Crippen LogP contribution < -0.4 is 5.32 Å². The minimum atomic E-state index is 0.00774. The Bertz CT molecular complexity index is 681. The third kappa shape index (κ3) is 3.61. The molecule has 1 N–H and O–H groups in total. The predicted molar refractivity (Wildman–Crippen MR) is 93.3 cm³/mol. The van der Waals surface area contributed by atoms with Gasteiger partial charge in [-0.2, -0.15) is 0 Å². The highest BCUT2D eigenvalue weighted by molar-refractivity contribution is 5.95. The van der Waals surface area contributed by atoms with Crippen LogP contribution in [0.5, 0.6) is 0 Å². The fraction of sp³-hybridized carbons (Fsp3) is 0.400. The Morgan fingerprint density at radius 1 is 1.09 bits per heavy atom. The van der Waals surface area contributed by atoms with Gasteiger partial charge in [0, 0.05) is 11.6 Å². The summed E-state index contributed by atoms with van der Waals surface area (Å²) in [5, 5.41) is 3.21. The van der Waals surface area contributed by atoms with Gasteiger partial charge in [-0.15, -0.1) is 0 Å². The van der Waals surface area contributed by atoms with Crippen molar-refractivity contribution in [3.63, 3.8) is 0 Å². The molecule has 1 heterocycles. The topological polar surface area (TPSA) is 42.0 Å². The molecule has 120 valence electrons. The van der Waals surface area contributed by atoms with Crippen LogP contribution in [0.4, 0.5) is 0 Å². The Kier molecular flexibility index (Phi) is 4.75. The molecule has 2 aromatic rings. The quantitative estimate of drug-likeness (QED) is 0.915. The van der Waals surface area contributed by atoms with Crippen molar-refractivity contribution in [2.75, 3.05) is 0 Å². The molecular formula is C20H24N2O. The minimum absolute atomic E-state index is 0.00774. The number of rotatable bonds is 3. The molecule has 1 aliphatic rings. The predicted octanol–water partition coefficient (Wildman–Crippen LogP) is 4.37. The van der Waals surface area contributed by atoms with E-state index in [2.05, 4.69) is 17.2 Å². The second kappa shape index (κ2) is 6.95. The standard InChI is InChI=1S/C20H24N2O/c1-14-8-6-7-11-18(14)22-20(23)17-12-13-19(21-15(17)2)16-9-4-3-5-10-16/h3-5,9-10,12-14,18H,6-8,11H2,1-2H3,(H,22,23)/t14-,18-/m0/s1. The molecule has 1 amide bonds. The lowest BCUT2D eigenvalue weighted by molar-refractivity contribution is 0.0909. The molecule has 0 bridgehead atoms. The van der Waals surface area contributed by atoms with Crippen molar-refractivity contribution in [3.05, 3.63) is 53.7 Å². The van der Waals surface area contributed by atoms with Crippen molar-refractivity contribution in [3.8, 4) is 11.3 Å². The summed E-state index contributed by atoms with van der Waals surface area (Å²) in [5.41, 5.74) is 3.45. The SMILES string of the molecule is Cc1nc(-c2ccccc2)ccc1C(=O)N[C@H]1CCCC[C@@H]1C. The maximum Gasteiger partial charge on any atom is 0.253 e. The number of benzene rings is 1. The first-order valence-electron chi connectivity index (χ1n) is 8.49. The van der Waals surface area contributed by atoms with E-state index in [9.17, 15) is 4.79 Å². The Labute approximate surface area is 138 Å². The molecule has 1 aromatic heterocycles. The second-order valence-electron chi connectivity index (χ2n) is 6.54. The monoisotopic (exact) mass is 308 g/mol. The summed E-state index contributed by atoms with van der Waals surface area (Å²) in [6, 6.07) is 14.2.